The normalized spacial score (nSPS) is 31.0. The Hall–Kier alpha value is -2.21. The monoisotopic (exact) mass is 423 g/mol. The van der Waals surface area contributed by atoms with E-state index in [-0.39, 0.29) is 17.5 Å². The number of hydrogen-bond donors (Lipinski definition) is 3. The molecule has 3 N–H and O–H groups in total. The smallest absolute Gasteiger partial charge is 0.275 e. The van der Waals surface area contributed by atoms with E-state index in [4.69, 9.17) is 0 Å². The van der Waals surface area contributed by atoms with E-state index >= 15 is 0 Å². The Morgan fingerprint density at radius 2 is 1.84 bits per heavy atom. The molecule has 1 heterocycles. The van der Waals surface area contributed by atoms with Crippen molar-refractivity contribution in [3.05, 3.63) is 40.4 Å². The van der Waals surface area contributed by atoms with E-state index in [1.54, 1.807) is 6.07 Å². The predicted octanol–water partition coefficient (Wildman–Crippen LogP) is 2.05. The summed E-state index contributed by atoms with van der Waals surface area (Å²) in [6.45, 7) is 6.05. The van der Waals surface area contributed by atoms with Gasteiger partial charge in [0, 0.05) is 6.04 Å². The summed E-state index contributed by atoms with van der Waals surface area (Å²) in [5.41, 5.74) is 0.912. The van der Waals surface area contributed by atoms with Crippen molar-refractivity contribution >= 4 is 16.8 Å². The van der Waals surface area contributed by atoms with E-state index in [0.29, 0.717) is 35.2 Å². The van der Waals surface area contributed by atoms with Gasteiger partial charge in [-0.2, -0.15) is 0 Å². The highest BCUT2D eigenvalue weighted by atomic mass is 16.2. The number of carbonyl (C=O) groups excluding carboxylic acids is 1. The van der Waals surface area contributed by atoms with Gasteiger partial charge in [0.25, 0.3) is 11.5 Å². The Morgan fingerprint density at radius 1 is 1.19 bits per heavy atom. The summed E-state index contributed by atoms with van der Waals surface area (Å²) in [7, 11) is 0. The van der Waals surface area contributed by atoms with Crippen LogP contribution in [0.2, 0.25) is 0 Å². The summed E-state index contributed by atoms with van der Waals surface area (Å²) in [4.78, 5) is 33.9. The van der Waals surface area contributed by atoms with Crippen LogP contribution in [0, 0.1) is 23.2 Å². The third-order valence-corrected chi connectivity index (χ3v) is 8.37. The number of likely N-dealkylation sites (N-methyl/N-ethyl adjacent to an activating group) is 1. The first-order valence-corrected chi connectivity index (χ1v) is 12.0. The van der Waals surface area contributed by atoms with Crippen molar-refractivity contribution in [2.45, 2.75) is 65.0 Å². The Balaban J connectivity index is 1.23. The van der Waals surface area contributed by atoms with Gasteiger partial charge in [0.15, 0.2) is 12.4 Å². The first kappa shape index (κ1) is 20.7. The van der Waals surface area contributed by atoms with Crippen LogP contribution in [-0.4, -0.2) is 35.0 Å². The van der Waals surface area contributed by atoms with E-state index < -0.39 is 0 Å². The van der Waals surface area contributed by atoms with Crippen LogP contribution in [-0.2, 0) is 11.3 Å². The molecular formula is C25H35N4O2+. The van der Waals surface area contributed by atoms with Gasteiger partial charge in [-0.15, -0.1) is 0 Å². The van der Waals surface area contributed by atoms with Crippen molar-refractivity contribution in [3.63, 3.8) is 0 Å². The van der Waals surface area contributed by atoms with Crippen LogP contribution in [0.3, 0.4) is 0 Å². The molecule has 6 heteroatoms. The summed E-state index contributed by atoms with van der Waals surface area (Å²) in [5.74, 6) is 3.42. The molecule has 6 rings (SSSR count). The number of H-pyrrole nitrogens is 1. The van der Waals surface area contributed by atoms with Gasteiger partial charge in [0.2, 0.25) is 0 Å². The second-order valence-corrected chi connectivity index (χ2v) is 10.6. The summed E-state index contributed by atoms with van der Waals surface area (Å²) < 4.78 is 0. The van der Waals surface area contributed by atoms with Gasteiger partial charge in [0.1, 0.15) is 6.54 Å². The van der Waals surface area contributed by atoms with Crippen LogP contribution in [0.4, 0.5) is 0 Å². The number of aromatic nitrogens is 2. The fourth-order valence-electron chi connectivity index (χ4n) is 7.15. The van der Waals surface area contributed by atoms with Crippen LogP contribution in [0.5, 0.6) is 0 Å². The molecule has 6 nitrogen and oxygen atoms in total. The molecule has 4 fully saturated rings. The van der Waals surface area contributed by atoms with Gasteiger partial charge in [0.05, 0.1) is 17.4 Å². The number of nitrogens with one attached hydrogen (secondary N) is 3. The Bertz CT molecular complexity index is 994. The quantitative estimate of drug-likeness (QED) is 0.638. The van der Waals surface area contributed by atoms with Crippen molar-refractivity contribution in [1.29, 1.82) is 0 Å². The van der Waals surface area contributed by atoms with E-state index in [0.717, 1.165) is 29.2 Å². The first-order chi connectivity index (χ1) is 14.9. The summed E-state index contributed by atoms with van der Waals surface area (Å²) in [5, 5.41) is 3.98. The molecule has 0 saturated heterocycles. The van der Waals surface area contributed by atoms with Gasteiger partial charge in [-0.1, -0.05) is 12.1 Å². The predicted molar refractivity (Wildman–Crippen MR) is 121 cm³/mol. The Morgan fingerprint density at radius 3 is 2.48 bits per heavy atom. The molecule has 4 aliphatic rings. The van der Waals surface area contributed by atoms with Crippen LogP contribution in [0.1, 0.15) is 58.2 Å². The lowest BCUT2D eigenvalue weighted by Crippen LogP contribution is -3.11. The fourth-order valence-corrected chi connectivity index (χ4v) is 7.15. The van der Waals surface area contributed by atoms with Crippen molar-refractivity contribution in [1.82, 2.24) is 15.3 Å². The topological polar surface area (TPSA) is 79.3 Å². The van der Waals surface area contributed by atoms with Crippen molar-refractivity contribution in [2.24, 2.45) is 23.2 Å². The van der Waals surface area contributed by atoms with Crippen molar-refractivity contribution in [2.75, 3.05) is 13.1 Å². The molecule has 1 aromatic heterocycles. The third-order valence-electron chi connectivity index (χ3n) is 8.37. The molecule has 1 amide bonds. The Kier molecular flexibility index (Phi) is 5.37. The number of fused-ring (bicyclic) bond motifs is 1. The number of amides is 1. The summed E-state index contributed by atoms with van der Waals surface area (Å²) in [6, 6.07) is 7.62. The molecule has 31 heavy (non-hydrogen) atoms. The number of carbonyl (C=O) groups is 1. The van der Waals surface area contributed by atoms with Crippen molar-refractivity contribution < 1.29 is 9.69 Å². The van der Waals surface area contributed by atoms with E-state index in [1.165, 1.54) is 38.5 Å². The van der Waals surface area contributed by atoms with Crippen molar-refractivity contribution in [3.8, 4) is 0 Å². The van der Waals surface area contributed by atoms with E-state index in [9.17, 15) is 9.59 Å². The second kappa shape index (κ2) is 8.05. The molecule has 1 aromatic carbocycles. The van der Waals surface area contributed by atoms with E-state index in [1.807, 2.05) is 18.2 Å². The summed E-state index contributed by atoms with van der Waals surface area (Å²) >= 11 is 0. The fraction of sp³-hybridized carbons (Fsp3) is 0.640. The molecule has 0 aliphatic heterocycles. The lowest BCUT2D eigenvalue weighted by Gasteiger charge is -2.59. The maximum absolute atomic E-state index is 13.0. The number of rotatable bonds is 7. The number of para-hydroxylation sites is 1. The van der Waals surface area contributed by atoms with Gasteiger partial charge < -0.3 is 15.2 Å². The molecule has 0 radical (unpaired) electrons. The zero-order chi connectivity index (χ0) is 21.6. The van der Waals surface area contributed by atoms with Gasteiger partial charge in [-0.25, -0.2) is 4.98 Å². The van der Waals surface area contributed by atoms with Gasteiger partial charge >= 0.3 is 0 Å². The number of hydrogen-bond acceptors (Lipinski definition) is 3. The molecule has 2 aromatic rings. The summed E-state index contributed by atoms with van der Waals surface area (Å²) in [6.07, 6.45) is 8.16. The SMILES string of the molecule is CC[NH+](CC(=O)N[C@H](C)C12CC3CC(CC(C3)C1)C2)Cc1nc2ccccc2c(=O)[nH]1. The number of quaternary nitrogens is 1. The lowest BCUT2D eigenvalue weighted by molar-refractivity contribution is -0.904. The highest BCUT2D eigenvalue weighted by Crippen LogP contribution is 2.61. The third kappa shape index (κ3) is 4.02. The molecule has 4 aliphatic carbocycles. The Labute approximate surface area is 183 Å². The molecule has 1 unspecified atom stereocenters. The average Bonchev–Trinajstić information content (AvgIpc) is 2.72. The second-order valence-electron chi connectivity index (χ2n) is 10.6. The molecule has 0 spiro atoms. The van der Waals surface area contributed by atoms with Crippen LogP contribution in [0.25, 0.3) is 10.9 Å². The van der Waals surface area contributed by atoms with Crippen LogP contribution < -0.4 is 15.8 Å². The molecule has 166 valence electrons. The number of nitrogens with zero attached hydrogens (tertiary/aromatic N) is 1. The zero-order valence-electron chi connectivity index (χ0n) is 18.7. The minimum Gasteiger partial charge on any atom is -0.348 e. The largest absolute Gasteiger partial charge is 0.348 e. The minimum absolute atomic E-state index is 0.114. The molecule has 4 bridgehead atoms. The maximum Gasteiger partial charge on any atom is 0.275 e. The van der Waals surface area contributed by atoms with Gasteiger partial charge in [-0.3, -0.25) is 9.59 Å². The number of benzene rings is 1. The average molecular weight is 424 g/mol. The standard InChI is InChI=1S/C25H34N4O2/c1-3-29(14-22-27-21-7-5-4-6-20(21)24(31)28-22)15-23(30)26-16(2)25-11-17-8-18(12-25)10-19(9-17)13-25/h4-7,16-19H,3,8-15H2,1-2H3,(H,26,30)(H,27,28,31)/p+1/t16-,17?,18?,19?,25?/m1/s1. The van der Waals surface area contributed by atoms with Crippen LogP contribution >= 0.6 is 0 Å². The lowest BCUT2D eigenvalue weighted by atomic mass is 9.48. The zero-order valence-corrected chi connectivity index (χ0v) is 18.7. The van der Waals surface area contributed by atoms with Crippen LogP contribution in [0.15, 0.2) is 29.1 Å². The highest BCUT2D eigenvalue weighted by molar-refractivity contribution is 5.77. The number of aromatic amines is 1. The molecular weight excluding hydrogens is 388 g/mol. The highest BCUT2D eigenvalue weighted by Gasteiger charge is 2.53. The maximum atomic E-state index is 13.0. The van der Waals surface area contributed by atoms with Gasteiger partial charge in [-0.05, 0) is 87.7 Å². The molecule has 2 atom stereocenters. The first-order valence-electron chi connectivity index (χ1n) is 12.0. The minimum atomic E-state index is -0.115. The van der Waals surface area contributed by atoms with E-state index in [2.05, 4.69) is 29.1 Å². The molecule has 4 saturated carbocycles.